The van der Waals surface area contributed by atoms with Gasteiger partial charge in [-0.05, 0) is 48.9 Å². The minimum atomic E-state index is -0.510. The van der Waals surface area contributed by atoms with Crippen LogP contribution in [0.2, 0.25) is 0 Å². The lowest BCUT2D eigenvalue weighted by molar-refractivity contribution is -0.131. The van der Waals surface area contributed by atoms with Gasteiger partial charge >= 0.3 is 6.09 Å². The standard InChI is InChI=1S/C29H36FN5O5S/c1-3-27(41)31-17-23-18-35(29(39)40-23)22-8-9-25(24(30)16-22)33-12-14-34(15-13-33)28(38)11-10-26(37)20-4-6-21(7-5-20)32-19(2)36/h4-9,16,23,27,31,41H,3,10-15,17-18H2,1-2H3,(H,32,36)/t23-,27?/m1/s1. The van der Waals surface area contributed by atoms with Crippen molar-refractivity contribution >= 4 is 53.4 Å². The Morgan fingerprint density at radius 1 is 1.07 bits per heavy atom. The summed E-state index contributed by atoms with van der Waals surface area (Å²) >= 11 is 4.39. The summed E-state index contributed by atoms with van der Waals surface area (Å²) in [7, 11) is 0. The molecule has 4 rings (SSSR count). The lowest BCUT2D eigenvalue weighted by Crippen LogP contribution is -2.49. The van der Waals surface area contributed by atoms with Gasteiger partial charge in [-0.3, -0.25) is 19.3 Å². The first-order valence-electron chi connectivity index (χ1n) is 13.8. The Morgan fingerprint density at radius 2 is 1.78 bits per heavy atom. The summed E-state index contributed by atoms with van der Waals surface area (Å²) in [6, 6.07) is 11.3. The van der Waals surface area contributed by atoms with E-state index in [1.54, 1.807) is 41.3 Å². The number of amides is 3. The molecule has 2 fully saturated rings. The van der Waals surface area contributed by atoms with E-state index >= 15 is 4.39 Å². The number of hydrogen-bond donors (Lipinski definition) is 3. The highest BCUT2D eigenvalue weighted by atomic mass is 32.1. The number of halogens is 1. The number of piperazine rings is 1. The fraction of sp³-hybridized carbons (Fsp3) is 0.448. The van der Waals surface area contributed by atoms with E-state index in [2.05, 4.69) is 23.3 Å². The smallest absolute Gasteiger partial charge is 0.414 e. The molecule has 2 aliphatic rings. The van der Waals surface area contributed by atoms with Gasteiger partial charge in [0, 0.05) is 63.7 Å². The van der Waals surface area contributed by atoms with Crippen molar-refractivity contribution in [1.29, 1.82) is 0 Å². The van der Waals surface area contributed by atoms with Gasteiger partial charge in [-0.2, -0.15) is 12.6 Å². The fourth-order valence-electron chi connectivity index (χ4n) is 4.83. The van der Waals surface area contributed by atoms with E-state index in [1.165, 1.54) is 17.9 Å². The van der Waals surface area contributed by atoms with Crippen molar-refractivity contribution < 1.29 is 28.3 Å². The molecule has 2 saturated heterocycles. The molecule has 0 aliphatic carbocycles. The highest BCUT2D eigenvalue weighted by molar-refractivity contribution is 7.80. The van der Waals surface area contributed by atoms with Crippen molar-refractivity contribution in [3.05, 3.63) is 53.8 Å². The van der Waals surface area contributed by atoms with Crippen LogP contribution in [0.25, 0.3) is 0 Å². The van der Waals surface area contributed by atoms with Gasteiger partial charge in [-0.1, -0.05) is 6.92 Å². The van der Waals surface area contributed by atoms with Crippen molar-refractivity contribution in [3.63, 3.8) is 0 Å². The molecule has 3 amide bonds. The molecule has 2 aliphatic heterocycles. The van der Waals surface area contributed by atoms with Crippen LogP contribution in [0.4, 0.5) is 26.2 Å². The molecule has 2 N–H and O–H groups in total. The number of carbonyl (C=O) groups excluding carboxylic acids is 4. The third-order valence-corrected chi connectivity index (χ3v) is 7.70. The Kier molecular flexibility index (Phi) is 10.2. The zero-order valence-electron chi connectivity index (χ0n) is 23.3. The maximum atomic E-state index is 15.1. The summed E-state index contributed by atoms with van der Waals surface area (Å²) in [6.45, 7) is 5.92. The number of ketones is 1. The van der Waals surface area contributed by atoms with E-state index < -0.39 is 11.9 Å². The zero-order valence-corrected chi connectivity index (χ0v) is 24.2. The molecule has 0 bridgehead atoms. The fourth-order valence-corrected chi connectivity index (χ4v) is 4.94. The Hall–Kier alpha value is -3.64. The van der Waals surface area contributed by atoms with Gasteiger partial charge < -0.3 is 25.2 Å². The number of nitrogens with zero attached hydrogens (tertiary/aromatic N) is 3. The average molecular weight is 586 g/mol. The van der Waals surface area contributed by atoms with Crippen molar-refractivity contribution in [2.45, 2.75) is 44.6 Å². The van der Waals surface area contributed by atoms with E-state index in [0.29, 0.717) is 61.9 Å². The van der Waals surface area contributed by atoms with Crippen molar-refractivity contribution in [1.82, 2.24) is 10.2 Å². The molecule has 0 saturated carbocycles. The van der Waals surface area contributed by atoms with Crippen molar-refractivity contribution in [3.8, 4) is 0 Å². The molecule has 0 spiro atoms. The second-order valence-electron chi connectivity index (χ2n) is 10.1. The molecule has 0 radical (unpaired) electrons. The number of anilines is 3. The summed E-state index contributed by atoms with van der Waals surface area (Å²) in [5.74, 6) is -0.915. The third kappa shape index (κ3) is 7.98. The quantitative estimate of drug-likeness (QED) is 0.210. The predicted octanol–water partition coefficient (Wildman–Crippen LogP) is 3.68. The van der Waals surface area contributed by atoms with Gasteiger partial charge in [-0.15, -0.1) is 0 Å². The maximum absolute atomic E-state index is 15.1. The number of ether oxygens (including phenoxy) is 1. The summed E-state index contributed by atoms with van der Waals surface area (Å²) in [4.78, 5) is 53.8. The first-order chi connectivity index (χ1) is 19.6. The number of carbonyl (C=O) groups is 4. The summed E-state index contributed by atoms with van der Waals surface area (Å²) < 4.78 is 20.6. The topological polar surface area (TPSA) is 111 Å². The van der Waals surface area contributed by atoms with Crippen LogP contribution in [0, 0.1) is 5.82 Å². The van der Waals surface area contributed by atoms with Crippen LogP contribution < -0.4 is 20.4 Å². The average Bonchev–Trinajstić information content (AvgIpc) is 3.34. The van der Waals surface area contributed by atoms with Gasteiger partial charge in [0.25, 0.3) is 0 Å². The Balaban J connectivity index is 1.25. The molecule has 0 aromatic heterocycles. The molecule has 2 heterocycles. The highest BCUT2D eigenvalue weighted by Crippen LogP contribution is 2.29. The number of cyclic esters (lactones) is 1. The van der Waals surface area contributed by atoms with E-state index in [9.17, 15) is 19.2 Å². The summed E-state index contributed by atoms with van der Waals surface area (Å²) in [5, 5.41) is 5.85. The largest absolute Gasteiger partial charge is 0.443 e. The maximum Gasteiger partial charge on any atom is 0.414 e. The van der Waals surface area contributed by atoms with Gasteiger partial charge in [0.15, 0.2) is 5.78 Å². The monoisotopic (exact) mass is 585 g/mol. The molecule has 1 unspecified atom stereocenters. The second-order valence-corrected chi connectivity index (χ2v) is 10.8. The number of hydrogen-bond acceptors (Lipinski definition) is 8. The predicted molar refractivity (Wildman–Crippen MR) is 158 cm³/mol. The van der Waals surface area contributed by atoms with Crippen LogP contribution >= 0.6 is 12.6 Å². The van der Waals surface area contributed by atoms with Crippen LogP contribution in [0.15, 0.2) is 42.5 Å². The Labute approximate surface area is 244 Å². The molecule has 2 atom stereocenters. The first kappa shape index (κ1) is 30.3. The SMILES string of the molecule is CCC(S)NC[C@@H]1CN(c2ccc(N3CCN(C(=O)CCC(=O)c4ccc(NC(C)=O)cc4)CC3)c(F)c2)C(=O)O1. The normalized spacial score (nSPS) is 17.8. The van der Waals surface area contributed by atoms with Crippen LogP contribution in [-0.2, 0) is 14.3 Å². The van der Waals surface area contributed by atoms with E-state index in [4.69, 9.17) is 4.74 Å². The molecule has 2 aromatic rings. The first-order valence-corrected chi connectivity index (χ1v) is 14.3. The van der Waals surface area contributed by atoms with Crippen LogP contribution in [-0.4, -0.2) is 79.3 Å². The number of thiol groups is 1. The molecular weight excluding hydrogens is 549 g/mol. The van der Waals surface area contributed by atoms with Gasteiger partial charge in [0.05, 0.1) is 23.3 Å². The highest BCUT2D eigenvalue weighted by Gasteiger charge is 2.33. The third-order valence-electron chi connectivity index (χ3n) is 7.15. The summed E-state index contributed by atoms with van der Waals surface area (Å²) in [5.41, 5.74) is 1.92. The van der Waals surface area contributed by atoms with Crippen LogP contribution in [0.3, 0.4) is 0 Å². The minimum Gasteiger partial charge on any atom is -0.443 e. The van der Waals surface area contributed by atoms with E-state index in [-0.39, 0.29) is 41.9 Å². The molecule has 12 heteroatoms. The Bertz CT molecular complexity index is 1270. The zero-order chi connectivity index (χ0) is 29.5. The molecule has 10 nitrogen and oxygen atoms in total. The number of rotatable bonds is 11. The van der Waals surface area contributed by atoms with Gasteiger partial charge in [0.2, 0.25) is 11.8 Å². The van der Waals surface area contributed by atoms with Crippen molar-refractivity contribution in [2.24, 2.45) is 0 Å². The molecule has 2 aromatic carbocycles. The van der Waals surface area contributed by atoms with Crippen molar-refractivity contribution in [2.75, 3.05) is 54.4 Å². The van der Waals surface area contributed by atoms with Gasteiger partial charge in [-0.25, -0.2) is 9.18 Å². The molecular formula is C29H36FN5O5S. The lowest BCUT2D eigenvalue weighted by atomic mass is 10.1. The van der Waals surface area contributed by atoms with Crippen LogP contribution in [0.1, 0.15) is 43.5 Å². The van der Waals surface area contributed by atoms with E-state index in [1.807, 2.05) is 11.8 Å². The van der Waals surface area contributed by atoms with Gasteiger partial charge in [0.1, 0.15) is 11.9 Å². The molecule has 220 valence electrons. The minimum absolute atomic E-state index is 0.0128. The number of benzene rings is 2. The summed E-state index contributed by atoms with van der Waals surface area (Å²) in [6.07, 6.45) is 0.148. The lowest BCUT2D eigenvalue weighted by Gasteiger charge is -2.36. The van der Waals surface area contributed by atoms with Crippen LogP contribution in [0.5, 0.6) is 0 Å². The second kappa shape index (κ2) is 13.8. The Morgan fingerprint density at radius 3 is 2.41 bits per heavy atom. The van der Waals surface area contributed by atoms with E-state index in [0.717, 1.165) is 6.42 Å². The number of nitrogens with one attached hydrogen (secondary N) is 2. The molecule has 41 heavy (non-hydrogen) atoms. The number of Topliss-reactive ketones (excluding diaryl/α,β-unsaturated/α-hetero) is 1.